The Morgan fingerprint density at radius 1 is 0.950 bits per heavy atom. The quantitative estimate of drug-likeness (QED) is 0.315. The molecule has 0 aromatic carbocycles. The molecule has 0 saturated heterocycles. The highest BCUT2D eigenvalue weighted by atomic mass is 28.4. The zero-order chi connectivity index (χ0) is 15.4. The minimum atomic E-state index is -2.91. The number of rotatable bonds is 12. The number of carbonyl (C=O) groups excluding carboxylic acids is 1. The van der Waals surface area contributed by atoms with E-state index in [0.29, 0.717) is 12.8 Å². The van der Waals surface area contributed by atoms with Gasteiger partial charge < -0.3 is 18.0 Å². The van der Waals surface area contributed by atoms with Crippen LogP contribution >= 0.6 is 0 Å². The summed E-state index contributed by atoms with van der Waals surface area (Å²) >= 11 is 0. The molecule has 1 unspecified atom stereocenters. The fraction of sp³-hybridized carbons (Fsp3) is 0.929. The molecule has 0 fully saturated rings. The third kappa shape index (κ3) is 6.34. The molecule has 0 aliphatic carbocycles. The summed E-state index contributed by atoms with van der Waals surface area (Å²) in [7, 11) is 1.67. The maximum absolute atomic E-state index is 11.9. The molecule has 0 aliphatic heterocycles. The van der Waals surface area contributed by atoms with Crippen LogP contribution in [-0.2, 0) is 22.8 Å². The summed E-state index contributed by atoms with van der Waals surface area (Å²) in [5.41, 5.74) is -0.439. The second-order valence-corrected chi connectivity index (χ2v) is 7.84. The van der Waals surface area contributed by atoms with Crippen LogP contribution in [0.15, 0.2) is 0 Å². The van der Waals surface area contributed by atoms with E-state index in [0.717, 1.165) is 12.8 Å². The van der Waals surface area contributed by atoms with Gasteiger partial charge in [0.2, 0.25) is 0 Å². The third-order valence-corrected chi connectivity index (χ3v) is 6.40. The second-order valence-electron chi connectivity index (χ2n) is 4.77. The molecule has 0 spiro atoms. The van der Waals surface area contributed by atoms with Crippen molar-refractivity contribution in [2.24, 2.45) is 0 Å². The maximum Gasteiger partial charge on any atom is 0.543 e. The number of hydrogen-bond donors (Lipinski definition) is 0. The maximum atomic E-state index is 11.9. The van der Waals surface area contributed by atoms with Crippen molar-refractivity contribution >= 4 is 14.8 Å². The molecule has 0 bridgehead atoms. The van der Waals surface area contributed by atoms with Crippen LogP contribution < -0.4 is 0 Å². The normalized spacial score (nSPS) is 13.2. The lowest BCUT2D eigenvalue weighted by atomic mass is 10.1. The van der Waals surface area contributed by atoms with Gasteiger partial charge in [-0.05, 0) is 12.8 Å². The SMILES string of the molecule is CCCCCCCC(=O)OC(CC)[Si](OC)(OC)OC. The van der Waals surface area contributed by atoms with Gasteiger partial charge >= 0.3 is 14.8 Å². The predicted molar refractivity (Wildman–Crippen MR) is 80.3 cm³/mol. The monoisotopic (exact) mass is 306 g/mol. The molecule has 0 aliphatic rings. The van der Waals surface area contributed by atoms with E-state index in [-0.39, 0.29) is 5.97 Å². The van der Waals surface area contributed by atoms with Crippen LogP contribution in [0.4, 0.5) is 0 Å². The number of unbranched alkanes of at least 4 members (excludes halogenated alkanes) is 4. The van der Waals surface area contributed by atoms with Crippen molar-refractivity contribution in [1.82, 2.24) is 0 Å². The minimum Gasteiger partial charge on any atom is -0.458 e. The molecule has 5 nitrogen and oxygen atoms in total. The highest BCUT2D eigenvalue weighted by Crippen LogP contribution is 2.19. The molecule has 0 aromatic heterocycles. The van der Waals surface area contributed by atoms with E-state index in [1.54, 1.807) is 0 Å². The van der Waals surface area contributed by atoms with E-state index in [9.17, 15) is 4.79 Å². The van der Waals surface area contributed by atoms with E-state index in [1.807, 2.05) is 6.92 Å². The van der Waals surface area contributed by atoms with Gasteiger partial charge in [-0.3, -0.25) is 4.79 Å². The van der Waals surface area contributed by atoms with Gasteiger partial charge in [-0.2, -0.15) is 0 Å². The molecule has 6 heteroatoms. The van der Waals surface area contributed by atoms with Crippen molar-refractivity contribution in [1.29, 1.82) is 0 Å². The van der Waals surface area contributed by atoms with Crippen LogP contribution in [0.25, 0.3) is 0 Å². The lowest BCUT2D eigenvalue weighted by Crippen LogP contribution is -2.55. The van der Waals surface area contributed by atoms with Crippen molar-refractivity contribution in [2.45, 2.75) is 64.5 Å². The second kappa shape index (κ2) is 11.3. The Hall–Kier alpha value is -0.433. The van der Waals surface area contributed by atoms with Crippen molar-refractivity contribution in [3.05, 3.63) is 0 Å². The highest BCUT2D eigenvalue weighted by molar-refractivity contribution is 6.62. The van der Waals surface area contributed by atoms with Gasteiger partial charge in [-0.25, -0.2) is 0 Å². The Morgan fingerprint density at radius 3 is 1.95 bits per heavy atom. The van der Waals surface area contributed by atoms with E-state index in [2.05, 4.69) is 6.92 Å². The Kier molecular flexibility index (Phi) is 11.0. The minimum absolute atomic E-state index is 0.198. The lowest BCUT2D eigenvalue weighted by molar-refractivity contribution is -0.148. The average Bonchev–Trinajstić information content (AvgIpc) is 2.48. The van der Waals surface area contributed by atoms with Crippen LogP contribution in [0.3, 0.4) is 0 Å². The summed E-state index contributed by atoms with van der Waals surface area (Å²) in [5, 5.41) is 0. The lowest BCUT2D eigenvalue weighted by Gasteiger charge is -2.31. The van der Waals surface area contributed by atoms with E-state index < -0.39 is 14.5 Å². The first-order valence-electron chi connectivity index (χ1n) is 7.45. The zero-order valence-electron chi connectivity index (χ0n) is 13.6. The largest absolute Gasteiger partial charge is 0.543 e. The van der Waals surface area contributed by atoms with Crippen molar-refractivity contribution in [3.8, 4) is 0 Å². The van der Waals surface area contributed by atoms with Crippen LogP contribution in [0.5, 0.6) is 0 Å². The van der Waals surface area contributed by atoms with Gasteiger partial charge in [0.25, 0.3) is 0 Å². The molecule has 120 valence electrons. The first-order valence-corrected chi connectivity index (χ1v) is 9.25. The van der Waals surface area contributed by atoms with Crippen LogP contribution in [0.1, 0.15) is 58.8 Å². The number of esters is 1. The first-order chi connectivity index (χ1) is 9.60. The molecule has 0 amide bonds. The predicted octanol–water partition coefficient (Wildman–Crippen LogP) is 3.09. The molecule has 1 atom stereocenters. The van der Waals surface area contributed by atoms with E-state index in [1.165, 1.54) is 40.6 Å². The van der Waals surface area contributed by atoms with E-state index in [4.69, 9.17) is 18.0 Å². The smallest absolute Gasteiger partial charge is 0.458 e. The topological polar surface area (TPSA) is 54.0 Å². The average molecular weight is 306 g/mol. The zero-order valence-corrected chi connectivity index (χ0v) is 14.6. The van der Waals surface area contributed by atoms with Crippen molar-refractivity contribution in [3.63, 3.8) is 0 Å². The molecule has 20 heavy (non-hydrogen) atoms. The Morgan fingerprint density at radius 2 is 1.50 bits per heavy atom. The summed E-state index contributed by atoms with van der Waals surface area (Å²) in [6.07, 6.45) is 6.60. The number of ether oxygens (including phenoxy) is 1. The van der Waals surface area contributed by atoms with Gasteiger partial charge in [0, 0.05) is 27.8 Å². The summed E-state index contributed by atoms with van der Waals surface area (Å²) in [6, 6.07) is 0. The van der Waals surface area contributed by atoms with Crippen LogP contribution in [-0.4, -0.2) is 41.8 Å². The summed E-state index contributed by atoms with van der Waals surface area (Å²) in [5.74, 6) is -0.198. The Bertz CT molecular complexity index is 248. The van der Waals surface area contributed by atoms with Gasteiger partial charge in [0.05, 0.1) is 0 Å². The molecular formula is C14H30O5Si. The number of carbonyl (C=O) groups is 1. The molecule has 0 heterocycles. The molecule has 0 aromatic rings. The highest BCUT2D eigenvalue weighted by Gasteiger charge is 2.49. The summed E-state index contributed by atoms with van der Waals surface area (Å²) in [4.78, 5) is 11.9. The van der Waals surface area contributed by atoms with Gasteiger partial charge in [-0.1, -0.05) is 39.5 Å². The Labute approximate surface area is 124 Å². The molecule has 0 N–H and O–H groups in total. The van der Waals surface area contributed by atoms with Crippen LogP contribution in [0.2, 0.25) is 0 Å². The van der Waals surface area contributed by atoms with Crippen molar-refractivity contribution < 1.29 is 22.8 Å². The van der Waals surface area contributed by atoms with Gasteiger partial charge in [-0.15, -0.1) is 0 Å². The standard InChI is InChI=1S/C14H30O5Si/c1-6-8-9-10-11-12-13(15)19-14(7-2)20(16-3,17-4)18-5/h14H,6-12H2,1-5H3. The molecule has 0 rings (SSSR count). The fourth-order valence-electron chi connectivity index (χ4n) is 2.14. The Balaban J connectivity index is 4.24. The number of hydrogen-bond acceptors (Lipinski definition) is 5. The third-order valence-electron chi connectivity index (χ3n) is 3.38. The van der Waals surface area contributed by atoms with Gasteiger partial charge in [0.15, 0.2) is 5.73 Å². The van der Waals surface area contributed by atoms with Crippen molar-refractivity contribution in [2.75, 3.05) is 21.3 Å². The summed E-state index contributed by atoms with van der Waals surface area (Å²) in [6.45, 7) is 4.10. The van der Waals surface area contributed by atoms with E-state index >= 15 is 0 Å². The first kappa shape index (κ1) is 19.6. The molecular weight excluding hydrogens is 276 g/mol. The van der Waals surface area contributed by atoms with Gasteiger partial charge in [0.1, 0.15) is 0 Å². The molecule has 0 radical (unpaired) electrons. The summed E-state index contributed by atoms with van der Waals surface area (Å²) < 4.78 is 21.6. The molecule has 0 saturated carbocycles. The van der Waals surface area contributed by atoms with Crippen LogP contribution in [0, 0.1) is 0 Å². The fourth-order valence-corrected chi connectivity index (χ4v) is 4.20.